The Labute approximate surface area is 116 Å². The molecule has 1 amide bonds. The van der Waals surface area contributed by atoms with E-state index < -0.39 is 0 Å². The van der Waals surface area contributed by atoms with Crippen LogP contribution in [0.5, 0.6) is 0 Å². The number of carbonyl (C=O) groups excluding carboxylic acids is 1. The second kappa shape index (κ2) is 6.57. The van der Waals surface area contributed by atoms with Crippen LogP contribution >= 0.6 is 0 Å². The SMILES string of the molecule is CN(C)CC(C)(C)CNC(=O)Cc1cccc(N)c1. The molecule has 0 atom stereocenters. The van der Waals surface area contributed by atoms with Crippen LogP contribution in [0.4, 0.5) is 5.69 Å². The molecule has 0 fully saturated rings. The van der Waals surface area contributed by atoms with Gasteiger partial charge in [-0.25, -0.2) is 0 Å². The lowest BCUT2D eigenvalue weighted by Crippen LogP contribution is -2.40. The highest BCUT2D eigenvalue weighted by molar-refractivity contribution is 5.78. The Balaban J connectivity index is 2.44. The summed E-state index contributed by atoms with van der Waals surface area (Å²) in [4.78, 5) is 14.0. The Hall–Kier alpha value is -1.55. The van der Waals surface area contributed by atoms with Gasteiger partial charge in [0.25, 0.3) is 0 Å². The topological polar surface area (TPSA) is 58.4 Å². The molecule has 0 bridgehead atoms. The van der Waals surface area contributed by atoms with E-state index in [1.54, 1.807) is 0 Å². The van der Waals surface area contributed by atoms with Crippen molar-refractivity contribution in [3.8, 4) is 0 Å². The molecule has 106 valence electrons. The van der Waals surface area contributed by atoms with Crippen molar-refractivity contribution in [2.24, 2.45) is 5.41 Å². The molecule has 0 aromatic heterocycles. The molecule has 4 heteroatoms. The van der Waals surface area contributed by atoms with E-state index in [-0.39, 0.29) is 11.3 Å². The first-order valence-corrected chi connectivity index (χ1v) is 6.54. The largest absolute Gasteiger partial charge is 0.399 e. The molecule has 1 aromatic carbocycles. The second-order valence-corrected chi connectivity index (χ2v) is 6.10. The number of anilines is 1. The fraction of sp³-hybridized carbons (Fsp3) is 0.533. The van der Waals surface area contributed by atoms with Crippen LogP contribution in [0.1, 0.15) is 19.4 Å². The maximum Gasteiger partial charge on any atom is 0.224 e. The average molecular weight is 263 g/mol. The van der Waals surface area contributed by atoms with Crippen LogP contribution in [-0.2, 0) is 11.2 Å². The van der Waals surface area contributed by atoms with Gasteiger partial charge in [0.05, 0.1) is 6.42 Å². The molecule has 0 aliphatic rings. The molecule has 19 heavy (non-hydrogen) atoms. The van der Waals surface area contributed by atoms with Gasteiger partial charge in [-0.15, -0.1) is 0 Å². The maximum absolute atomic E-state index is 11.9. The number of nitrogens with zero attached hydrogens (tertiary/aromatic N) is 1. The Kier molecular flexibility index (Phi) is 5.36. The van der Waals surface area contributed by atoms with Gasteiger partial charge in [-0.2, -0.15) is 0 Å². The quantitative estimate of drug-likeness (QED) is 0.765. The smallest absolute Gasteiger partial charge is 0.224 e. The second-order valence-electron chi connectivity index (χ2n) is 6.10. The fourth-order valence-corrected chi connectivity index (χ4v) is 2.20. The molecule has 0 aliphatic carbocycles. The number of nitrogens with one attached hydrogen (secondary N) is 1. The van der Waals surface area contributed by atoms with E-state index in [1.807, 2.05) is 38.4 Å². The minimum Gasteiger partial charge on any atom is -0.399 e. The van der Waals surface area contributed by atoms with Crippen molar-refractivity contribution in [1.29, 1.82) is 0 Å². The molecule has 1 rings (SSSR count). The first kappa shape index (κ1) is 15.5. The van der Waals surface area contributed by atoms with E-state index in [2.05, 4.69) is 24.1 Å². The fourth-order valence-electron chi connectivity index (χ4n) is 2.20. The third-order valence-corrected chi connectivity index (χ3v) is 2.82. The molecular formula is C15H25N3O. The van der Waals surface area contributed by atoms with Gasteiger partial charge >= 0.3 is 0 Å². The summed E-state index contributed by atoms with van der Waals surface area (Å²) in [5.74, 6) is 0.0393. The predicted octanol–water partition coefficient (Wildman–Crippen LogP) is 1.52. The van der Waals surface area contributed by atoms with Crippen molar-refractivity contribution in [3.05, 3.63) is 29.8 Å². The number of amides is 1. The number of nitrogen functional groups attached to an aromatic ring is 1. The molecule has 4 nitrogen and oxygen atoms in total. The van der Waals surface area contributed by atoms with Crippen LogP contribution in [0, 0.1) is 5.41 Å². The summed E-state index contributed by atoms with van der Waals surface area (Å²) in [6.07, 6.45) is 0.378. The number of hydrogen-bond acceptors (Lipinski definition) is 3. The van der Waals surface area contributed by atoms with Gasteiger partial charge in [0.1, 0.15) is 0 Å². The van der Waals surface area contributed by atoms with E-state index in [0.29, 0.717) is 18.7 Å². The normalized spacial score (nSPS) is 11.6. The van der Waals surface area contributed by atoms with Gasteiger partial charge in [-0.3, -0.25) is 4.79 Å². The van der Waals surface area contributed by atoms with E-state index in [1.165, 1.54) is 0 Å². The van der Waals surface area contributed by atoms with Crippen molar-refractivity contribution >= 4 is 11.6 Å². The van der Waals surface area contributed by atoms with Crippen molar-refractivity contribution in [3.63, 3.8) is 0 Å². The number of rotatable bonds is 6. The van der Waals surface area contributed by atoms with Gasteiger partial charge in [-0.05, 0) is 37.2 Å². The molecule has 0 spiro atoms. The summed E-state index contributed by atoms with van der Waals surface area (Å²) >= 11 is 0. The molecule has 1 aromatic rings. The lowest BCUT2D eigenvalue weighted by molar-refractivity contribution is -0.120. The van der Waals surface area contributed by atoms with Crippen molar-refractivity contribution in [2.45, 2.75) is 20.3 Å². The lowest BCUT2D eigenvalue weighted by Gasteiger charge is -2.28. The molecule has 0 unspecified atom stereocenters. The zero-order valence-corrected chi connectivity index (χ0v) is 12.4. The summed E-state index contributed by atoms with van der Waals surface area (Å²) < 4.78 is 0. The van der Waals surface area contributed by atoms with Crippen LogP contribution in [0.2, 0.25) is 0 Å². The molecule has 0 radical (unpaired) electrons. The first-order valence-electron chi connectivity index (χ1n) is 6.54. The molecular weight excluding hydrogens is 238 g/mol. The van der Waals surface area contributed by atoms with Crippen LogP contribution in [0.15, 0.2) is 24.3 Å². The highest BCUT2D eigenvalue weighted by Gasteiger charge is 2.19. The van der Waals surface area contributed by atoms with Crippen molar-refractivity contribution in [1.82, 2.24) is 10.2 Å². The predicted molar refractivity (Wildman–Crippen MR) is 79.9 cm³/mol. The lowest BCUT2D eigenvalue weighted by atomic mass is 9.93. The number of benzene rings is 1. The number of hydrogen-bond donors (Lipinski definition) is 2. The molecule has 3 N–H and O–H groups in total. The minimum atomic E-state index is 0.0393. The molecule has 0 saturated carbocycles. The van der Waals surface area contributed by atoms with Crippen LogP contribution in [0.3, 0.4) is 0 Å². The van der Waals surface area contributed by atoms with Crippen molar-refractivity contribution in [2.75, 3.05) is 32.9 Å². The van der Waals surface area contributed by atoms with Gasteiger partial charge < -0.3 is 16.0 Å². The third-order valence-electron chi connectivity index (χ3n) is 2.82. The van der Waals surface area contributed by atoms with Gasteiger partial charge in [-0.1, -0.05) is 26.0 Å². The summed E-state index contributed by atoms with van der Waals surface area (Å²) in [7, 11) is 4.08. The van der Waals surface area contributed by atoms with Crippen LogP contribution < -0.4 is 11.1 Å². The van der Waals surface area contributed by atoms with Crippen LogP contribution in [-0.4, -0.2) is 38.0 Å². The molecule has 0 aliphatic heterocycles. The molecule has 0 heterocycles. The first-order chi connectivity index (χ1) is 8.78. The van der Waals surface area contributed by atoms with E-state index in [0.717, 1.165) is 12.1 Å². The Morgan fingerprint density at radius 3 is 2.63 bits per heavy atom. The van der Waals surface area contributed by atoms with Gasteiger partial charge in [0.15, 0.2) is 0 Å². The van der Waals surface area contributed by atoms with E-state index in [9.17, 15) is 4.79 Å². The third kappa shape index (κ3) is 6.25. The van der Waals surface area contributed by atoms with Crippen LogP contribution in [0.25, 0.3) is 0 Å². The molecule has 0 saturated heterocycles. The number of nitrogens with two attached hydrogens (primary N) is 1. The highest BCUT2D eigenvalue weighted by Crippen LogP contribution is 2.14. The highest BCUT2D eigenvalue weighted by atomic mass is 16.1. The standard InChI is InChI=1S/C15H25N3O/c1-15(2,11-18(3)4)10-17-14(19)9-12-6-5-7-13(16)8-12/h5-8H,9-11,16H2,1-4H3,(H,17,19). The number of carbonyl (C=O) groups is 1. The van der Waals surface area contributed by atoms with Gasteiger partial charge in [0, 0.05) is 18.8 Å². The maximum atomic E-state index is 11.9. The Morgan fingerprint density at radius 1 is 1.37 bits per heavy atom. The summed E-state index contributed by atoms with van der Waals surface area (Å²) in [6.45, 7) is 5.90. The van der Waals surface area contributed by atoms with E-state index >= 15 is 0 Å². The monoisotopic (exact) mass is 263 g/mol. The van der Waals surface area contributed by atoms with Crippen molar-refractivity contribution < 1.29 is 4.79 Å². The average Bonchev–Trinajstić information content (AvgIpc) is 2.25. The Morgan fingerprint density at radius 2 is 2.05 bits per heavy atom. The van der Waals surface area contributed by atoms with E-state index in [4.69, 9.17) is 5.73 Å². The zero-order valence-electron chi connectivity index (χ0n) is 12.4. The Bertz CT molecular complexity index is 427. The zero-order chi connectivity index (χ0) is 14.5. The summed E-state index contributed by atoms with van der Waals surface area (Å²) in [5.41, 5.74) is 7.40. The van der Waals surface area contributed by atoms with Gasteiger partial charge in [0.2, 0.25) is 5.91 Å². The summed E-state index contributed by atoms with van der Waals surface area (Å²) in [5, 5.41) is 2.99. The summed E-state index contributed by atoms with van der Waals surface area (Å²) in [6, 6.07) is 7.45. The minimum absolute atomic E-state index is 0.0393.